The van der Waals surface area contributed by atoms with Gasteiger partial charge in [-0.3, -0.25) is 4.79 Å². The molecule has 2 aliphatic heterocycles. The number of rotatable bonds is 5. The Labute approximate surface area is 291 Å². The Bertz CT molecular complexity index is 2990. The van der Waals surface area contributed by atoms with E-state index in [1.807, 2.05) is 36.4 Å². The topological polar surface area (TPSA) is 73.5 Å². The van der Waals surface area contributed by atoms with Gasteiger partial charge in [-0.15, -0.1) is 0 Å². The molecule has 0 radical (unpaired) electrons. The van der Waals surface area contributed by atoms with Gasteiger partial charge in [-0.25, -0.2) is 4.79 Å². The molecule has 0 aliphatic carbocycles. The Hall–Kier alpha value is -6.86. The van der Waals surface area contributed by atoms with Crippen LogP contribution in [0.3, 0.4) is 0 Å². The molecule has 7 heteroatoms. The molecule has 238 valence electrons. The van der Waals surface area contributed by atoms with Crippen molar-refractivity contribution in [1.82, 2.24) is 9.13 Å². The van der Waals surface area contributed by atoms with Gasteiger partial charge in [-0.2, -0.15) is 0 Å². The van der Waals surface area contributed by atoms with Crippen LogP contribution in [0.5, 0.6) is 5.75 Å². The van der Waals surface area contributed by atoms with E-state index in [2.05, 4.69) is 100 Å². The molecule has 2 aliphatic rings. The van der Waals surface area contributed by atoms with Crippen molar-refractivity contribution in [3.63, 3.8) is 0 Å². The number of carbonyl (C=O) groups excluding carboxylic acids is 1. The van der Waals surface area contributed by atoms with Gasteiger partial charge in [0, 0.05) is 44.0 Å². The molecule has 51 heavy (non-hydrogen) atoms. The number of hydrogen-bond acceptors (Lipinski definition) is 3. The number of benzene rings is 7. The van der Waals surface area contributed by atoms with Crippen LogP contribution in [0.4, 0.5) is 0 Å². The summed E-state index contributed by atoms with van der Waals surface area (Å²) in [6, 6.07) is 48.0. The summed E-state index contributed by atoms with van der Waals surface area (Å²) in [6.45, 7) is 0.481. The Balaban J connectivity index is 1.21. The minimum absolute atomic E-state index is 0.0245. The minimum atomic E-state index is -0.930. The first kappa shape index (κ1) is 28.0. The molecule has 0 saturated carbocycles. The molecule has 0 unspecified atom stereocenters. The van der Waals surface area contributed by atoms with Gasteiger partial charge in [0.25, 0.3) is 13.2 Å². The normalized spacial score (nSPS) is 12.5. The van der Waals surface area contributed by atoms with E-state index in [-0.39, 0.29) is 12.3 Å². The predicted molar refractivity (Wildman–Crippen MR) is 204 cm³/mol. The fourth-order valence-electron chi connectivity index (χ4n) is 8.88. The Morgan fingerprint density at radius 3 is 2.08 bits per heavy atom. The SMILES string of the molecule is O=COc1ccc(-c2ccc3c4c2c2ccccc2n4-c2cccc4c2B3c2cccc3c5ccc(-c6ccc(C(=O)O)cc6)cc5n-4c23)cc1. The number of nitrogens with zero attached hydrogens (tertiary/aromatic N) is 2. The summed E-state index contributed by atoms with van der Waals surface area (Å²) in [5.74, 6) is -0.416. The highest BCUT2D eigenvalue weighted by Gasteiger charge is 2.40. The number of aromatic nitrogens is 2. The van der Waals surface area contributed by atoms with Crippen molar-refractivity contribution < 1.29 is 19.4 Å². The molecule has 2 aromatic heterocycles. The molecule has 0 atom stereocenters. The second kappa shape index (κ2) is 10.1. The van der Waals surface area contributed by atoms with Crippen molar-refractivity contribution in [1.29, 1.82) is 0 Å². The maximum atomic E-state index is 11.5. The zero-order chi connectivity index (χ0) is 34.0. The van der Waals surface area contributed by atoms with E-state index < -0.39 is 5.97 Å². The van der Waals surface area contributed by atoms with Gasteiger partial charge in [-0.05, 0) is 87.2 Å². The van der Waals surface area contributed by atoms with Crippen LogP contribution in [0.1, 0.15) is 10.4 Å². The van der Waals surface area contributed by atoms with Crippen molar-refractivity contribution >= 4 is 79.2 Å². The van der Waals surface area contributed by atoms with Gasteiger partial charge >= 0.3 is 5.97 Å². The largest absolute Gasteiger partial charge is 0.478 e. The van der Waals surface area contributed by atoms with Gasteiger partial charge in [0.1, 0.15) is 5.75 Å². The third-order valence-corrected chi connectivity index (χ3v) is 10.9. The highest BCUT2D eigenvalue weighted by atomic mass is 16.5. The van der Waals surface area contributed by atoms with Gasteiger partial charge in [0.2, 0.25) is 0 Å². The van der Waals surface area contributed by atoms with Gasteiger partial charge in [-0.1, -0.05) is 91.0 Å². The predicted octanol–water partition coefficient (Wildman–Crippen LogP) is 7.59. The van der Waals surface area contributed by atoms with Crippen molar-refractivity contribution in [2.75, 3.05) is 0 Å². The number of para-hydroxylation sites is 2. The summed E-state index contributed by atoms with van der Waals surface area (Å²) in [6.07, 6.45) is 0. The summed E-state index contributed by atoms with van der Waals surface area (Å²) >= 11 is 0. The van der Waals surface area contributed by atoms with Gasteiger partial charge in [0.05, 0.1) is 16.6 Å². The van der Waals surface area contributed by atoms with Crippen LogP contribution in [-0.2, 0) is 4.79 Å². The number of aromatic carboxylic acids is 1. The fraction of sp³-hybridized carbons (Fsp3) is 0. The van der Waals surface area contributed by atoms with E-state index in [9.17, 15) is 14.7 Å². The first-order valence-electron chi connectivity index (χ1n) is 16.9. The number of fused-ring (bicyclic) bond motifs is 10. The lowest BCUT2D eigenvalue weighted by Crippen LogP contribution is -2.59. The molecule has 11 rings (SSSR count). The van der Waals surface area contributed by atoms with E-state index in [4.69, 9.17) is 4.74 Å². The molecule has 0 fully saturated rings. The molecule has 9 aromatic rings. The van der Waals surface area contributed by atoms with Crippen LogP contribution in [-0.4, -0.2) is 33.4 Å². The van der Waals surface area contributed by atoms with Crippen LogP contribution in [0, 0.1) is 0 Å². The standard InChI is InChI=1S/C44H25BN2O4/c48-24-51-29-18-15-26(16-19-29)30-21-22-35-43-40(30)33-5-1-2-8-36(33)46(43)37-9-4-10-38-41(37)45(35)34-7-3-6-32-31-20-17-28(23-39(31)47(38)42(32)34)25-11-13-27(14-12-25)44(49)50/h1-24H,(H,49,50). The summed E-state index contributed by atoms with van der Waals surface area (Å²) in [5, 5.41) is 14.2. The molecular weight excluding hydrogens is 631 g/mol. The maximum Gasteiger partial charge on any atom is 0.335 e. The summed E-state index contributed by atoms with van der Waals surface area (Å²) < 4.78 is 10.00. The lowest BCUT2D eigenvalue weighted by Gasteiger charge is -2.33. The zero-order valence-electron chi connectivity index (χ0n) is 27.0. The highest BCUT2D eigenvalue weighted by Crippen LogP contribution is 2.42. The summed E-state index contributed by atoms with van der Waals surface area (Å²) in [5.41, 5.74) is 15.3. The van der Waals surface area contributed by atoms with E-state index in [1.54, 1.807) is 12.1 Å². The van der Waals surface area contributed by atoms with E-state index in [1.165, 1.54) is 60.3 Å². The average molecular weight is 657 g/mol. The summed E-state index contributed by atoms with van der Waals surface area (Å²) in [4.78, 5) is 22.5. The average Bonchev–Trinajstić information content (AvgIpc) is 3.70. The first-order valence-corrected chi connectivity index (χ1v) is 16.9. The molecular formula is C44H25BN2O4. The minimum Gasteiger partial charge on any atom is -0.478 e. The van der Waals surface area contributed by atoms with Gasteiger partial charge < -0.3 is 19.0 Å². The van der Waals surface area contributed by atoms with Crippen molar-refractivity contribution in [3.05, 3.63) is 145 Å². The molecule has 0 saturated heterocycles. The van der Waals surface area contributed by atoms with Gasteiger partial charge in [0.15, 0.2) is 0 Å². The fourth-order valence-corrected chi connectivity index (χ4v) is 8.88. The van der Waals surface area contributed by atoms with Crippen LogP contribution in [0.25, 0.3) is 77.2 Å². The quantitative estimate of drug-likeness (QED) is 0.153. The second-order valence-electron chi connectivity index (χ2n) is 13.4. The van der Waals surface area contributed by atoms with E-state index in [0.717, 1.165) is 33.3 Å². The summed E-state index contributed by atoms with van der Waals surface area (Å²) in [7, 11) is 0. The zero-order valence-corrected chi connectivity index (χ0v) is 27.0. The van der Waals surface area contributed by atoms with Crippen LogP contribution >= 0.6 is 0 Å². The number of carboxylic acids is 1. The third-order valence-electron chi connectivity index (χ3n) is 10.9. The Morgan fingerprint density at radius 1 is 0.608 bits per heavy atom. The van der Waals surface area contributed by atoms with Crippen molar-refractivity contribution in [2.45, 2.75) is 0 Å². The van der Waals surface area contributed by atoms with Crippen LogP contribution in [0.2, 0.25) is 0 Å². The van der Waals surface area contributed by atoms with Crippen molar-refractivity contribution in [3.8, 4) is 39.4 Å². The van der Waals surface area contributed by atoms with Crippen LogP contribution < -0.4 is 21.1 Å². The second-order valence-corrected chi connectivity index (χ2v) is 13.4. The molecule has 7 aromatic carbocycles. The maximum absolute atomic E-state index is 11.5. The number of carbonyl (C=O) groups is 2. The molecule has 0 amide bonds. The lowest BCUT2D eigenvalue weighted by atomic mass is 9.34. The Morgan fingerprint density at radius 2 is 1.29 bits per heavy atom. The molecule has 6 nitrogen and oxygen atoms in total. The smallest absolute Gasteiger partial charge is 0.335 e. The first-order chi connectivity index (χ1) is 25.1. The number of ether oxygens (including phenoxy) is 1. The number of carboxylic acid groups (broad SMARTS) is 1. The van der Waals surface area contributed by atoms with E-state index >= 15 is 0 Å². The monoisotopic (exact) mass is 656 g/mol. The third kappa shape index (κ3) is 3.67. The molecule has 1 N–H and O–H groups in total. The lowest BCUT2D eigenvalue weighted by molar-refractivity contribution is -0.120. The molecule has 0 bridgehead atoms. The Kier molecular flexibility index (Phi) is 5.55. The highest BCUT2D eigenvalue weighted by molar-refractivity contribution is 7.00. The van der Waals surface area contributed by atoms with Crippen molar-refractivity contribution in [2.24, 2.45) is 0 Å². The van der Waals surface area contributed by atoms with E-state index in [0.29, 0.717) is 12.2 Å². The van der Waals surface area contributed by atoms with Crippen LogP contribution in [0.15, 0.2) is 140 Å². The molecule has 4 heterocycles. The molecule has 0 spiro atoms. The number of hydrogen-bond donors (Lipinski definition) is 1.